The van der Waals surface area contributed by atoms with Gasteiger partial charge >= 0.3 is 6.18 Å². The smallest absolute Gasteiger partial charge is 0.334 e. The Bertz CT molecular complexity index is 804. The average molecular weight is 317 g/mol. The molecule has 1 aromatic carbocycles. The minimum atomic E-state index is -4.43. The zero-order valence-electron chi connectivity index (χ0n) is 12.4. The monoisotopic (exact) mass is 317 g/mol. The topological polar surface area (TPSA) is 41.6 Å². The summed E-state index contributed by atoms with van der Waals surface area (Å²) in [6, 6.07) is 11.4. The van der Waals surface area contributed by atoms with Gasteiger partial charge in [-0.25, -0.2) is 4.98 Å². The van der Waals surface area contributed by atoms with Crippen molar-refractivity contribution >= 4 is 0 Å². The average Bonchev–Trinajstić information content (AvgIpc) is 3.05. The number of imidazole rings is 1. The third-order valence-corrected chi connectivity index (χ3v) is 3.59. The lowest BCUT2D eigenvalue weighted by atomic mass is 10.0. The number of nitrogens with zero attached hydrogens (tertiary/aromatic N) is 2. The minimum absolute atomic E-state index is 0.153. The summed E-state index contributed by atoms with van der Waals surface area (Å²) in [6.45, 7) is 2.06. The summed E-state index contributed by atoms with van der Waals surface area (Å²) >= 11 is 0. The summed E-state index contributed by atoms with van der Waals surface area (Å²) in [7, 11) is 0. The molecule has 0 spiro atoms. The van der Waals surface area contributed by atoms with E-state index < -0.39 is 11.9 Å². The number of hydrogen-bond donors (Lipinski definition) is 1. The van der Waals surface area contributed by atoms with Gasteiger partial charge in [0.2, 0.25) is 0 Å². The standard InChI is InChI=1S/C17H14F3N3/c1-2-11-5-3-4-6-13(11)14-8-7-12(9-21-14)16-22-10-15(23-16)17(18,19)20/h3-10H,2H2,1H3,(H,22,23). The summed E-state index contributed by atoms with van der Waals surface area (Å²) in [5, 5.41) is 0. The van der Waals surface area contributed by atoms with E-state index in [2.05, 4.69) is 21.9 Å². The number of aromatic amines is 1. The number of aromatic nitrogens is 3. The first-order chi connectivity index (χ1) is 11.0. The van der Waals surface area contributed by atoms with Crippen molar-refractivity contribution in [2.75, 3.05) is 0 Å². The van der Waals surface area contributed by atoms with E-state index in [9.17, 15) is 13.2 Å². The fourth-order valence-corrected chi connectivity index (χ4v) is 2.38. The second-order valence-electron chi connectivity index (χ2n) is 5.09. The molecule has 0 unspecified atom stereocenters. The zero-order chi connectivity index (χ0) is 16.4. The Morgan fingerprint density at radius 2 is 1.78 bits per heavy atom. The largest absolute Gasteiger partial charge is 0.432 e. The molecule has 0 aliphatic heterocycles. The maximum absolute atomic E-state index is 12.6. The molecule has 3 rings (SSSR count). The van der Waals surface area contributed by atoms with Crippen LogP contribution in [0.3, 0.4) is 0 Å². The fourth-order valence-electron chi connectivity index (χ4n) is 2.38. The quantitative estimate of drug-likeness (QED) is 0.759. The van der Waals surface area contributed by atoms with Crippen molar-refractivity contribution in [1.82, 2.24) is 15.0 Å². The Labute approximate surface area is 131 Å². The molecule has 3 nitrogen and oxygen atoms in total. The van der Waals surface area contributed by atoms with Crippen molar-refractivity contribution in [1.29, 1.82) is 0 Å². The van der Waals surface area contributed by atoms with Crippen LogP contribution < -0.4 is 0 Å². The molecule has 0 saturated carbocycles. The van der Waals surface area contributed by atoms with E-state index in [1.165, 1.54) is 11.8 Å². The van der Waals surface area contributed by atoms with Gasteiger partial charge in [0.25, 0.3) is 0 Å². The number of aryl methyl sites for hydroxylation is 1. The first-order valence-corrected chi connectivity index (χ1v) is 7.16. The summed E-state index contributed by atoms with van der Waals surface area (Å²) in [5.41, 5.74) is 2.63. The zero-order valence-corrected chi connectivity index (χ0v) is 12.4. The Morgan fingerprint density at radius 3 is 2.39 bits per heavy atom. The number of benzene rings is 1. The third kappa shape index (κ3) is 3.11. The molecule has 6 heteroatoms. The van der Waals surface area contributed by atoms with E-state index in [-0.39, 0.29) is 5.82 Å². The lowest BCUT2D eigenvalue weighted by molar-refractivity contribution is -0.140. The SMILES string of the molecule is CCc1ccccc1-c1ccc(-c2ncc(C(F)(F)F)[nH]2)cn1. The molecule has 2 aromatic heterocycles. The van der Waals surface area contributed by atoms with E-state index in [0.717, 1.165) is 23.9 Å². The lowest BCUT2D eigenvalue weighted by Crippen LogP contribution is -2.04. The molecule has 0 atom stereocenters. The second kappa shape index (κ2) is 5.87. The Balaban J connectivity index is 1.92. The molecule has 0 radical (unpaired) electrons. The lowest BCUT2D eigenvalue weighted by Gasteiger charge is -2.07. The van der Waals surface area contributed by atoms with Gasteiger partial charge in [-0.15, -0.1) is 0 Å². The van der Waals surface area contributed by atoms with E-state index in [0.29, 0.717) is 5.56 Å². The molecule has 23 heavy (non-hydrogen) atoms. The van der Waals surface area contributed by atoms with Gasteiger partial charge in [-0.2, -0.15) is 13.2 Å². The molecule has 118 valence electrons. The Kier molecular flexibility index (Phi) is 3.90. The molecule has 3 aromatic rings. The first kappa shape index (κ1) is 15.3. The molecule has 1 N–H and O–H groups in total. The molecule has 0 aliphatic rings. The van der Waals surface area contributed by atoms with Gasteiger partial charge in [-0.05, 0) is 24.1 Å². The van der Waals surface area contributed by atoms with Gasteiger partial charge in [0.15, 0.2) is 0 Å². The van der Waals surface area contributed by atoms with Crippen molar-refractivity contribution in [3.05, 3.63) is 60.0 Å². The number of hydrogen-bond acceptors (Lipinski definition) is 2. The first-order valence-electron chi connectivity index (χ1n) is 7.16. The second-order valence-corrected chi connectivity index (χ2v) is 5.09. The van der Waals surface area contributed by atoms with Crippen molar-refractivity contribution in [2.24, 2.45) is 0 Å². The molecular formula is C17H14F3N3. The molecule has 0 fully saturated rings. The number of alkyl halides is 3. The van der Waals surface area contributed by atoms with E-state index in [4.69, 9.17) is 0 Å². The predicted molar refractivity (Wildman–Crippen MR) is 81.6 cm³/mol. The van der Waals surface area contributed by atoms with Gasteiger partial charge in [-0.3, -0.25) is 4.98 Å². The van der Waals surface area contributed by atoms with Crippen molar-refractivity contribution in [3.63, 3.8) is 0 Å². The highest BCUT2D eigenvalue weighted by molar-refractivity contribution is 5.66. The number of H-pyrrole nitrogens is 1. The van der Waals surface area contributed by atoms with Crippen molar-refractivity contribution < 1.29 is 13.2 Å². The van der Waals surface area contributed by atoms with Crippen LogP contribution in [0.25, 0.3) is 22.6 Å². The van der Waals surface area contributed by atoms with E-state index in [1.807, 2.05) is 24.3 Å². The molecule has 0 aliphatic carbocycles. The van der Waals surface area contributed by atoms with Crippen LogP contribution in [0, 0.1) is 0 Å². The van der Waals surface area contributed by atoms with E-state index >= 15 is 0 Å². The van der Waals surface area contributed by atoms with Crippen LogP contribution in [0.1, 0.15) is 18.2 Å². The molecule has 2 heterocycles. The van der Waals surface area contributed by atoms with Crippen LogP contribution in [0.15, 0.2) is 48.8 Å². The normalized spacial score (nSPS) is 11.7. The predicted octanol–water partition coefficient (Wildman–Crippen LogP) is 4.72. The minimum Gasteiger partial charge on any atom is -0.334 e. The summed E-state index contributed by atoms with van der Waals surface area (Å²) in [6.07, 6.45) is -1.23. The van der Waals surface area contributed by atoms with E-state index in [1.54, 1.807) is 12.1 Å². The molecule has 0 bridgehead atoms. The van der Waals surface area contributed by atoms with Crippen LogP contribution in [-0.2, 0) is 12.6 Å². The van der Waals surface area contributed by atoms with Gasteiger partial charge in [0.1, 0.15) is 11.5 Å². The molecule has 0 amide bonds. The maximum Gasteiger partial charge on any atom is 0.432 e. The van der Waals surface area contributed by atoms with Gasteiger partial charge in [0, 0.05) is 17.3 Å². The van der Waals surface area contributed by atoms with Crippen LogP contribution in [0.4, 0.5) is 13.2 Å². The fraction of sp³-hybridized carbons (Fsp3) is 0.176. The highest BCUT2D eigenvalue weighted by Gasteiger charge is 2.33. The van der Waals surface area contributed by atoms with Crippen LogP contribution in [-0.4, -0.2) is 15.0 Å². The van der Waals surface area contributed by atoms with Crippen LogP contribution >= 0.6 is 0 Å². The number of halogens is 3. The Morgan fingerprint density at radius 1 is 1.00 bits per heavy atom. The number of pyridine rings is 1. The number of nitrogens with one attached hydrogen (secondary N) is 1. The molecular weight excluding hydrogens is 303 g/mol. The highest BCUT2D eigenvalue weighted by atomic mass is 19.4. The summed E-state index contributed by atoms with van der Waals surface area (Å²) < 4.78 is 37.8. The maximum atomic E-state index is 12.6. The highest BCUT2D eigenvalue weighted by Crippen LogP contribution is 2.30. The van der Waals surface area contributed by atoms with Gasteiger partial charge < -0.3 is 4.98 Å². The molecule has 0 saturated heterocycles. The van der Waals surface area contributed by atoms with Crippen molar-refractivity contribution in [3.8, 4) is 22.6 Å². The van der Waals surface area contributed by atoms with Gasteiger partial charge in [0.05, 0.1) is 11.9 Å². The summed E-state index contributed by atoms with van der Waals surface area (Å²) in [5.74, 6) is 0.153. The number of rotatable bonds is 3. The Hall–Kier alpha value is -2.63. The van der Waals surface area contributed by atoms with Crippen molar-refractivity contribution in [2.45, 2.75) is 19.5 Å². The van der Waals surface area contributed by atoms with Gasteiger partial charge in [-0.1, -0.05) is 31.2 Å². The van der Waals surface area contributed by atoms with Crippen LogP contribution in [0.2, 0.25) is 0 Å². The summed E-state index contributed by atoms with van der Waals surface area (Å²) in [4.78, 5) is 10.4. The third-order valence-electron chi connectivity index (χ3n) is 3.59. The van der Waals surface area contributed by atoms with Crippen LogP contribution in [0.5, 0.6) is 0 Å².